The Balaban J connectivity index is 1.93. The molecule has 4 heteroatoms. The summed E-state index contributed by atoms with van der Waals surface area (Å²) in [6.07, 6.45) is 0.931. The third-order valence-electron chi connectivity index (χ3n) is 3.66. The SMILES string of the molecule is CCc1ccccc1NC(=O)CN1CCNC[C@@H]1C. The lowest BCUT2D eigenvalue weighted by Crippen LogP contribution is -2.52. The standard InChI is InChI=1S/C15H23N3O/c1-3-13-6-4-5-7-14(13)17-15(19)11-18-9-8-16-10-12(18)2/h4-7,12,16H,3,8-11H2,1-2H3,(H,17,19)/t12-/m0/s1. The number of para-hydroxylation sites is 1. The van der Waals surface area contributed by atoms with E-state index in [1.54, 1.807) is 0 Å². The van der Waals surface area contributed by atoms with Crippen molar-refractivity contribution in [3.63, 3.8) is 0 Å². The van der Waals surface area contributed by atoms with Crippen molar-refractivity contribution >= 4 is 11.6 Å². The fourth-order valence-electron chi connectivity index (χ4n) is 2.44. The Labute approximate surface area is 115 Å². The van der Waals surface area contributed by atoms with E-state index in [2.05, 4.69) is 35.4 Å². The van der Waals surface area contributed by atoms with E-state index in [-0.39, 0.29) is 5.91 Å². The molecule has 0 aliphatic carbocycles. The molecule has 1 amide bonds. The zero-order chi connectivity index (χ0) is 13.7. The summed E-state index contributed by atoms with van der Waals surface area (Å²) < 4.78 is 0. The maximum absolute atomic E-state index is 12.1. The van der Waals surface area contributed by atoms with Crippen LogP contribution in [-0.4, -0.2) is 43.0 Å². The summed E-state index contributed by atoms with van der Waals surface area (Å²) in [7, 11) is 0. The van der Waals surface area contributed by atoms with Crippen molar-refractivity contribution < 1.29 is 4.79 Å². The van der Waals surface area contributed by atoms with Crippen molar-refractivity contribution in [1.29, 1.82) is 0 Å². The summed E-state index contributed by atoms with van der Waals surface area (Å²) in [5.74, 6) is 0.0784. The number of piperazine rings is 1. The monoisotopic (exact) mass is 261 g/mol. The Kier molecular flexibility index (Phi) is 4.93. The number of carbonyl (C=O) groups is 1. The number of hydrogen-bond acceptors (Lipinski definition) is 3. The topological polar surface area (TPSA) is 44.4 Å². The van der Waals surface area contributed by atoms with Crippen molar-refractivity contribution in [3.8, 4) is 0 Å². The Hall–Kier alpha value is -1.39. The molecular weight excluding hydrogens is 238 g/mol. The highest BCUT2D eigenvalue weighted by Gasteiger charge is 2.20. The van der Waals surface area contributed by atoms with Crippen LogP contribution in [0.15, 0.2) is 24.3 Å². The predicted molar refractivity (Wildman–Crippen MR) is 78.4 cm³/mol. The normalized spacial score (nSPS) is 20.2. The van der Waals surface area contributed by atoms with Gasteiger partial charge < -0.3 is 10.6 Å². The molecule has 1 aromatic rings. The van der Waals surface area contributed by atoms with Crippen molar-refractivity contribution in [3.05, 3.63) is 29.8 Å². The van der Waals surface area contributed by atoms with Gasteiger partial charge in [0.05, 0.1) is 6.54 Å². The molecule has 1 aromatic carbocycles. The lowest BCUT2D eigenvalue weighted by molar-refractivity contribution is -0.118. The van der Waals surface area contributed by atoms with E-state index in [1.165, 1.54) is 5.56 Å². The minimum absolute atomic E-state index is 0.0784. The van der Waals surface area contributed by atoms with E-state index >= 15 is 0 Å². The van der Waals surface area contributed by atoms with Gasteiger partial charge in [0.25, 0.3) is 0 Å². The maximum Gasteiger partial charge on any atom is 0.238 e. The summed E-state index contributed by atoms with van der Waals surface area (Å²) in [5.41, 5.74) is 2.13. The number of aryl methyl sites for hydroxylation is 1. The van der Waals surface area contributed by atoms with Crippen LogP contribution in [-0.2, 0) is 11.2 Å². The average Bonchev–Trinajstić information content (AvgIpc) is 2.42. The Morgan fingerprint density at radius 2 is 2.26 bits per heavy atom. The highest BCUT2D eigenvalue weighted by Crippen LogP contribution is 2.15. The molecule has 4 nitrogen and oxygen atoms in total. The van der Waals surface area contributed by atoms with Gasteiger partial charge in [0, 0.05) is 31.4 Å². The lowest BCUT2D eigenvalue weighted by Gasteiger charge is -2.33. The van der Waals surface area contributed by atoms with Gasteiger partial charge in [0.2, 0.25) is 5.91 Å². The summed E-state index contributed by atoms with van der Waals surface area (Å²) in [5, 5.41) is 6.36. The van der Waals surface area contributed by atoms with Gasteiger partial charge in [-0.1, -0.05) is 25.1 Å². The van der Waals surface area contributed by atoms with Gasteiger partial charge in [-0.2, -0.15) is 0 Å². The molecule has 19 heavy (non-hydrogen) atoms. The van der Waals surface area contributed by atoms with Crippen molar-refractivity contribution in [2.75, 3.05) is 31.5 Å². The van der Waals surface area contributed by atoms with Gasteiger partial charge in [-0.05, 0) is 25.0 Å². The quantitative estimate of drug-likeness (QED) is 0.863. The Morgan fingerprint density at radius 3 is 3.00 bits per heavy atom. The Morgan fingerprint density at radius 1 is 1.47 bits per heavy atom. The lowest BCUT2D eigenvalue weighted by atomic mass is 10.1. The summed E-state index contributed by atoms with van der Waals surface area (Å²) in [6, 6.07) is 8.41. The highest BCUT2D eigenvalue weighted by atomic mass is 16.2. The van der Waals surface area contributed by atoms with E-state index in [9.17, 15) is 4.79 Å². The second kappa shape index (κ2) is 6.68. The van der Waals surface area contributed by atoms with E-state index in [4.69, 9.17) is 0 Å². The second-order valence-corrected chi connectivity index (χ2v) is 5.08. The predicted octanol–water partition coefficient (Wildman–Crippen LogP) is 1.48. The molecule has 104 valence electrons. The first kappa shape index (κ1) is 14.0. The largest absolute Gasteiger partial charge is 0.325 e. The molecule has 1 heterocycles. The van der Waals surface area contributed by atoms with Crippen molar-refractivity contribution in [2.24, 2.45) is 0 Å². The van der Waals surface area contributed by atoms with Crippen LogP contribution in [0, 0.1) is 0 Å². The molecule has 0 radical (unpaired) electrons. The zero-order valence-corrected chi connectivity index (χ0v) is 11.8. The van der Waals surface area contributed by atoms with Gasteiger partial charge in [0.1, 0.15) is 0 Å². The molecule has 0 saturated carbocycles. The smallest absolute Gasteiger partial charge is 0.238 e. The number of nitrogens with zero attached hydrogens (tertiary/aromatic N) is 1. The van der Waals surface area contributed by atoms with Gasteiger partial charge in [-0.3, -0.25) is 9.69 Å². The molecule has 2 rings (SSSR count). The van der Waals surface area contributed by atoms with Gasteiger partial charge in [-0.25, -0.2) is 0 Å². The molecular formula is C15H23N3O. The molecule has 1 saturated heterocycles. The van der Waals surface area contributed by atoms with Crippen molar-refractivity contribution in [2.45, 2.75) is 26.3 Å². The fourth-order valence-corrected chi connectivity index (χ4v) is 2.44. The van der Waals surface area contributed by atoms with Crippen LogP contribution in [0.3, 0.4) is 0 Å². The van der Waals surface area contributed by atoms with Crippen LogP contribution >= 0.6 is 0 Å². The maximum atomic E-state index is 12.1. The van der Waals surface area contributed by atoms with Crippen LogP contribution in [0.1, 0.15) is 19.4 Å². The number of amides is 1. The molecule has 0 unspecified atom stereocenters. The third kappa shape index (κ3) is 3.78. The van der Waals surface area contributed by atoms with E-state index in [1.807, 2.05) is 18.2 Å². The summed E-state index contributed by atoms with van der Waals surface area (Å²) in [6.45, 7) is 7.58. The molecule has 2 N–H and O–H groups in total. The average molecular weight is 261 g/mol. The number of nitrogens with one attached hydrogen (secondary N) is 2. The molecule has 0 aromatic heterocycles. The Bertz CT molecular complexity index is 433. The molecule has 1 aliphatic rings. The third-order valence-corrected chi connectivity index (χ3v) is 3.66. The fraction of sp³-hybridized carbons (Fsp3) is 0.533. The minimum atomic E-state index is 0.0784. The first-order chi connectivity index (χ1) is 9.20. The first-order valence-electron chi connectivity index (χ1n) is 7.03. The van der Waals surface area contributed by atoms with Gasteiger partial charge >= 0.3 is 0 Å². The first-order valence-corrected chi connectivity index (χ1v) is 7.03. The van der Waals surface area contributed by atoms with Crippen molar-refractivity contribution in [1.82, 2.24) is 10.2 Å². The van der Waals surface area contributed by atoms with Crippen LogP contribution in [0.2, 0.25) is 0 Å². The molecule has 0 spiro atoms. The highest BCUT2D eigenvalue weighted by molar-refractivity contribution is 5.93. The molecule has 1 aliphatic heterocycles. The minimum Gasteiger partial charge on any atom is -0.325 e. The summed E-state index contributed by atoms with van der Waals surface area (Å²) in [4.78, 5) is 14.3. The van der Waals surface area contributed by atoms with Gasteiger partial charge in [0.15, 0.2) is 0 Å². The van der Waals surface area contributed by atoms with Crippen LogP contribution < -0.4 is 10.6 Å². The van der Waals surface area contributed by atoms with E-state index in [0.717, 1.165) is 31.7 Å². The van der Waals surface area contributed by atoms with E-state index < -0.39 is 0 Å². The number of anilines is 1. The van der Waals surface area contributed by atoms with Crippen LogP contribution in [0.4, 0.5) is 5.69 Å². The van der Waals surface area contributed by atoms with E-state index in [0.29, 0.717) is 12.6 Å². The number of hydrogen-bond donors (Lipinski definition) is 2. The summed E-state index contributed by atoms with van der Waals surface area (Å²) >= 11 is 0. The van der Waals surface area contributed by atoms with Crippen LogP contribution in [0.25, 0.3) is 0 Å². The molecule has 1 fully saturated rings. The second-order valence-electron chi connectivity index (χ2n) is 5.08. The molecule has 1 atom stereocenters. The zero-order valence-electron chi connectivity index (χ0n) is 11.8. The molecule has 0 bridgehead atoms. The van der Waals surface area contributed by atoms with Gasteiger partial charge in [-0.15, -0.1) is 0 Å². The number of rotatable bonds is 4. The number of carbonyl (C=O) groups excluding carboxylic acids is 1. The number of benzene rings is 1. The van der Waals surface area contributed by atoms with Crippen LogP contribution in [0.5, 0.6) is 0 Å².